The van der Waals surface area contributed by atoms with Gasteiger partial charge >= 0.3 is 0 Å². The summed E-state index contributed by atoms with van der Waals surface area (Å²) in [6.45, 7) is 0. The van der Waals surface area contributed by atoms with Crippen molar-refractivity contribution in [1.29, 1.82) is 0 Å². The number of rotatable bonds is 2. The Bertz CT molecular complexity index is 185. The molecule has 1 aromatic heterocycles. The molecule has 47 valence electrons. The Morgan fingerprint density at radius 1 is 1.89 bits per heavy atom. The van der Waals surface area contributed by atoms with Gasteiger partial charge in [-0.25, -0.2) is 4.37 Å². The summed E-state index contributed by atoms with van der Waals surface area (Å²) in [7, 11) is 0. The molecule has 1 rings (SSSR count). The maximum atomic E-state index is 9.93. The van der Waals surface area contributed by atoms with E-state index in [1.165, 1.54) is 11.5 Å². The number of aromatic nitrogens is 1. The Labute approximate surface area is 56.7 Å². The maximum absolute atomic E-state index is 9.93. The number of nitrogens with zero attached hydrogens (tertiary/aromatic N) is 1. The third kappa shape index (κ3) is 1.34. The van der Waals surface area contributed by atoms with Gasteiger partial charge in [0.1, 0.15) is 0 Å². The Balaban J connectivity index is 2.76. The SMILES string of the molecule is NC([C]=O)c1cnsc1. The predicted octanol–water partition coefficient (Wildman–Crippen LogP) is 0.253. The zero-order valence-corrected chi connectivity index (χ0v) is 5.39. The first-order valence-corrected chi connectivity index (χ1v) is 3.21. The average molecular weight is 141 g/mol. The molecule has 0 amide bonds. The molecular weight excluding hydrogens is 136 g/mol. The summed E-state index contributed by atoms with van der Waals surface area (Å²) < 4.78 is 3.77. The minimum atomic E-state index is -0.622. The highest BCUT2D eigenvalue weighted by Gasteiger charge is 2.04. The molecule has 0 saturated carbocycles. The summed E-state index contributed by atoms with van der Waals surface area (Å²) in [5.74, 6) is 0. The number of carbonyl (C=O) groups excluding carboxylic acids is 1. The second kappa shape index (κ2) is 2.70. The van der Waals surface area contributed by atoms with Gasteiger partial charge in [-0.1, -0.05) is 0 Å². The molecule has 0 aliphatic heterocycles. The van der Waals surface area contributed by atoms with Gasteiger partial charge in [0.05, 0.1) is 6.04 Å². The first kappa shape index (κ1) is 6.38. The van der Waals surface area contributed by atoms with Crippen LogP contribution in [0.1, 0.15) is 11.6 Å². The van der Waals surface area contributed by atoms with Crippen molar-refractivity contribution in [3.05, 3.63) is 17.1 Å². The van der Waals surface area contributed by atoms with Gasteiger partial charge in [0.25, 0.3) is 0 Å². The molecular formula is C5H5N2OS. The first-order valence-electron chi connectivity index (χ1n) is 2.37. The molecule has 2 N–H and O–H groups in total. The van der Waals surface area contributed by atoms with Crippen LogP contribution in [-0.4, -0.2) is 10.7 Å². The molecule has 4 heteroatoms. The molecule has 0 aliphatic rings. The molecule has 1 radical (unpaired) electrons. The van der Waals surface area contributed by atoms with E-state index in [4.69, 9.17) is 5.73 Å². The fraction of sp³-hybridized carbons (Fsp3) is 0.200. The Morgan fingerprint density at radius 2 is 2.67 bits per heavy atom. The van der Waals surface area contributed by atoms with E-state index in [-0.39, 0.29) is 0 Å². The number of nitrogens with two attached hydrogens (primary N) is 1. The van der Waals surface area contributed by atoms with E-state index in [1.54, 1.807) is 17.9 Å². The highest BCUT2D eigenvalue weighted by Crippen LogP contribution is 2.07. The Kier molecular flexibility index (Phi) is 1.92. The lowest BCUT2D eigenvalue weighted by atomic mass is 10.2. The third-order valence-electron chi connectivity index (χ3n) is 0.938. The van der Waals surface area contributed by atoms with Crippen LogP contribution >= 0.6 is 11.5 Å². The lowest BCUT2D eigenvalue weighted by Crippen LogP contribution is -2.09. The fourth-order valence-electron chi connectivity index (χ4n) is 0.435. The van der Waals surface area contributed by atoms with Gasteiger partial charge in [0.2, 0.25) is 6.29 Å². The lowest BCUT2D eigenvalue weighted by Gasteiger charge is -1.93. The molecule has 0 bridgehead atoms. The molecule has 1 unspecified atom stereocenters. The zero-order chi connectivity index (χ0) is 6.69. The fourth-order valence-corrected chi connectivity index (χ4v) is 1.01. The van der Waals surface area contributed by atoms with Crippen molar-refractivity contribution in [3.8, 4) is 0 Å². The number of hydrogen-bond acceptors (Lipinski definition) is 4. The molecule has 9 heavy (non-hydrogen) atoms. The van der Waals surface area contributed by atoms with Crippen LogP contribution in [-0.2, 0) is 4.79 Å². The first-order chi connectivity index (χ1) is 4.34. The molecule has 1 aromatic rings. The summed E-state index contributed by atoms with van der Waals surface area (Å²) >= 11 is 1.27. The van der Waals surface area contributed by atoms with E-state index in [9.17, 15) is 4.79 Å². The molecule has 1 atom stereocenters. The predicted molar refractivity (Wildman–Crippen MR) is 34.7 cm³/mol. The van der Waals surface area contributed by atoms with Crippen molar-refractivity contribution in [2.45, 2.75) is 6.04 Å². The van der Waals surface area contributed by atoms with Crippen LogP contribution in [0.3, 0.4) is 0 Å². The van der Waals surface area contributed by atoms with Crippen LogP contribution in [0.4, 0.5) is 0 Å². The van der Waals surface area contributed by atoms with Gasteiger partial charge in [-0.3, -0.25) is 4.79 Å². The second-order valence-corrected chi connectivity index (χ2v) is 2.21. The number of hydrogen-bond donors (Lipinski definition) is 1. The average Bonchev–Trinajstić information content (AvgIpc) is 2.37. The lowest BCUT2D eigenvalue weighted by molar-refractivity contribution is 0.544. The largest absolute Gasteiger partial charge is 0.317 e. The smallest absolute Gasteiger partial charge is 0.221 e. The van der Waals surface area contributed by atoms with E-state index < -0.39 is 6.04 Å². The van der Waals surface area contributed by atoms with E-state index >= 15 is 0 Å². The highest BCUT2D eigenvalue weighted by molar-refractivity contribution is 7.03. The Hall–Kier alpha value is -0.740. The van der Waals surface area contributed by atoms with Crippen molar-refractivity contribution < 1.29 is 4.79 Å². The normalized spacial score (nSPS) is 13.0. The minimum absolute atomic E-state index is 0.622. The van der Waals surface area contributed by atoms with Crippen molar-refractivity contribution in [1.82, 2.24) is 4.37 Å². The molecule has 0 saturated heterocycles. The molecule has 0 spiro atoms. The van der Waals surface area contributed by atoms with Gasteiger partial charge in [-0.15, -0.1) is 0 Å². The summed E-state index contributed by atoms with van der Waals surface area (Å²) in [6, 6.07) is -0.622. The van der Waals surface area contributed by atoms with Crippen molar-refractivity contribution >= 4 is 17.8 Å². The van der Waals surface area contributed by atoms with Crippen molar-refractivity contribution in [3.63, 3.8) is 0 Å². The molecule has 0 aliphatic carbocycles. The molecule has 0 fully saturated rings. The zero-order valence-electron chi connectivity index (χ0n) is 4.57. The third-order valence-corrected chi connectivity index (χ3v) is 1.54. The molecule has 1 heterocycles. The molecule has 3 nitrogen and oxygen atoms in total. The van der Waals surface area contributed by atoms with E-state index in [0.29, 0.717) is 0 Å². The minimum Gasteiger partial charge on any atom is -0.317 e. The Morgan fingerprint density at radius 3 is 3.11 bits per heavy atom. The second-order valence-electron chi connectivity index (χ2n) is 1.55. The van der Waals surface area contributed by atoms with Gasteiger partial charge < -0.3 is 5.73 Å². The van der Waals surface area contributed by atoms with Crippen LogP contribution in [0.5, 0.6) is 0 Å². The van der Waals surface area contributed by atoms with Crippen molar-refractivity contribution in [2.75, 3.05) is 0 Å². The van der Waals surface area contributed by atoms with Gasteiger partial charge in [-0.05, 0) is 11.5 Å². The van der Waals surface area contributed by atoms with Gasteiger partial charge in [0.15, 0.2) is 0 Å². The standard InChI is InChI=1S/C5H5N2OS/c6-5(2-8)4-1-7-9-3-4/h1,3,5H,6H2. The topological polar surface area (TPSA) is 56.0 Å². The van der Waals surface area contributed by atoms with Crippen LogP contribution in [0.25, 0.3) is 0 Å². The van der Waals surface area contributed by atoms with Gasteiger partial charge in [0, 0.05) is 17.1 Å². The van der Waals surface area contributed by atoms with E-state index in [2.05, 4.69) is 4.37 Å². The summed E-state index contributed by atoms with van der Waals surface area (Å²) in [4.78, 5) is 9.93. The van der Waals surface area contributed by atoms with Crippen LogP contribution in [0.15, 0.2) is 11.6 Å². The summed E-state index contributed by atoms with van der Waals surface area (Å²) in [6.07, 6.45) is 3.23. The van der Waals surface area contributed by atoms with Crippen LogP contribution in [0.2, 0.25) is 0 Å². The van der Waals surface area contributed by atoms with Crippen LogP contribution < -0.4 is 5.73 Å². The highest BCUT2D eigenvalue weighted by atomic mass is 32.1. The quantitative estimate of drug-likeness (QED) is 0.642. The monoisotopic (exact) mass is 141 g/mol. The maximum Gasteiger partial charge on any atom is 0.221 e. The van der Waals surface area contributed by atoms with E-state index in [1.807, 2.05) is 0 Å². The molecule has 0 aromatic carbocycles. The van der Waals surface area contributed by atoms with Gasteiger partial charge in [-0.2, -0.15) is 0 Å². The summed E-state index contributed by atoms with van der Waals surface area (Å²) in [5, 5.41) is 1.73. The van der Waals surface area contributed by atoms with E-state index in [0.717, 1.165) is 5.56 Å². The summed E-state index contributed by atoms with van der Waals surface area (Å²) in [5.41, 5.74) is 6.01. The van der Waals surface area contributed by atoms with Crippen LogP contribution in [0, 0.1) is 0 Å². The van der Waals surface area contributed by atoms with Crippen molar-refractivity contribution in [2.24, 2.45) is 5.73 Å².